The standard InChI is InChI=1S/C30H32ClN5O5/c1-39-24-13-19(23(31)15-25(24)40-2)16-33-21-14-22-26(35-29(37)18-7-6-8-18)27(30(38)41-3)36(28(22)34-17-21)12-10-20-9-4-5-11-32-20/h4-5,9,11,13-15,17-18,33H,6-8,10,12,16H2,1-3H3,(H,35,37). The van der Waals surface area contributed by atoms with E-state index in [-0.39, 0.29) is 17.5 Å². The minimum Gasteiger partial charge on any atom is -0.493 e. The lowest BCUT2D eigenvalue weighted by Crippen LogP contribution is -2.29. The van der Waals surface area contributed by atoms with E-state index in [0.717, 1.165) is 30.5 Å². The van der Waals surface area contributed by atoms with E-state index in [1.165, 1.54) is 7.11 Å². The van der Waals surface area contributed by atoms with E-state index < -0.39 is 5.97 Å². The average Bonchev–Trinajstić information content (AvgIpc) is 3.26. The Morgan fingerprint density at radius 3 is 2.51 bits per heavy atom. The van der Waals surface area contributed by atoms with E-state index in [1.54, 1.807) is 37.2 Å². The van der Waals surface area contributed by atoms with E-state index in [9.17, 15) is 9.59 Å². The Labute approximate surface area is 243 Å². The molecule has 4 aromatic rings. The molecule has 0 saturated heterocycles. The molecule has 1 aliphatic rings. The summed E-state index contributed by atoms with van der Waals surface area (Å²) in [4.78, 5) is 35.3. The van der Waals surface area contributed by atoms with Gasteiger partial charge in [-0.15, -0.1) is 0 Å². The summed E-state index contributed by atoms with van der Waals surface area (Å²) < 4.78 is 17.7. The Morgan fingerprint density at radius 1 is 1.07 bits per heavy atom. The van der Waals surface area contributed by atoms with Gasteiger partial charge in [-0.05, 0) is 42.7 Å². The highest BCUT2D eigenvalue weighted by molar-refractivity contribution is 6.31. The number of aromatic nitrogens is 3. The largest absolute Gasteiger partial charge is 0.493 e. The third kappa shape index (κ3) is 5.92. The van der Waals surface area contributed by atoms with E-state index in [2.05, 4.69) is 15.6 Å². The number of esters is 1. The highest BCUT2D eigenvalue weighted by Gasteiger charge is 2.30. The maximum absolute atomic E-state index is 13.1. The van der Waals surface area contributed by atoms with Gasteiger partial charge >= 0.3 is 5.97 Å². The van der Waals surface area contributed by atoms with Crippen LogP contribution in [-0.2, 0) is 29.0 Å². The molecule has 1 saturated carbocycles. The SMILES string of the molecule is COC(=O)c1c(NC(=O)C2CCC2)c2cc(NCc3cc(OC)c(OC)cc3Cl)cnc2n1CCc1ccccn1. The number of amides is 1. The van der Waals surface area contributed by atoms with Crippen molar-refractivity contribution >= 4 is 45.9 Å². The summed E-state index contributed by atoms with van der Waals surface area (Å²) >= 11 is 6.49. The first-order valence-electron chi connectivity index (χ1n) is 13.4. The number of fused-ring (bicyclic) bond motifs is 1. The number of hydrogen-bond donors (Lipinski definition) is 2. The number of rotatable bonds is 11. The molecule has 1 fully saturated rings. The molecule has 1 amide bonds. The second-order valence-corrected chi connectivity index (χ2v) is 10.2. The number of pyridine rings is 2. The van der Waals surface area contributed by atoms with Gasteiger partial charge in [0, 0.05) is 53.8 Å². The molecule has 0 atom stereocenters. The molecule has 10 nitrogen and oxygen atoms in total. The van der Waals surface area contributed by atoms with Crippen molar-refractivity contribution in [2.24, 2.45) is 5.92 Å². The topological polar surface area (TPSA) is 117 Å². The predicted octanol–water partition coefficient (Wildman–Crippen LogP) is 5.48. The molecule has 1 aliphatic carbocycles. The number of methoxy groups -OCH3 is 3. The predicted molar refractivity (Wildman–Crippen MR) is 157 cm³/mol. The van der Waals surface area contributed by atoms with Gasteiger partial charge in [-0.25, -0.2) is 9.78 Å². The summed E-state index contributed by atoms with van der Waals surface area (Å²) in [7, 11) is 4.45. The lowest BCUT2D eigenvalue weighted by atomic mass is 9.85. The van der Waals surface area contributed by atoms with Crippen molar-refractivity contribution in [3.8, 4) is 11.5 Å². The highest BCUT2D eigenvalue weighted by Crippen LogP contribution is 2.36. The second kappa shape index (κ2) is 12.5. The Kier molecular flexibility index (Phi) is 8.58. The number of ether oxygens (including phenoxy) is 3. The van der Waals surface area contributed by atoms with Gasteiger partial charge in [0.05, 0.1) is 38.9 Å². The van der Waals surface area contributed by atoms with Crippen LogP contribution in [0.15, 0.2) is 48.8 Å². The molecule has 214 valence electrons. The van der Waals surface area contributed by atoms with Crippen molar-refractivity contribution in [3.05, 3.63) is 70.8 Å². The van der Waals surface area contributed by atoms with Crippen molar-refractivity contribution < 1.29 is 23.8 Å². The number of nitrogens with one attached hydrogen (secondary N) is 2. The molecule has 11 heteroatoms. The Bertz CT molecular complexity index is 1570. The van der Waals surface area contributed by atoms with E-state index in [0.29, 0.717) is 58.4 Å². The second-order valence-electron chi connectivity index (χ2n) is 9.80. The van der Waals surface area contributed by atoms with Gasteiger partial charge in [0.15, 0.2) is 17.2 Å². The number of anilines is 2. The van der Waals surface area contributed by atoms with Gasteiger partial charge in [-0.3, -0.25) is 9.78 Å². The van der Waals surface area contributed by atoms with Crippen molar-refractivity contribution in [2.75, 3.05) is 32.0 Å². The molecule has 41 heavy (non-hydrogen) atoms. The van der Waals surface area contributed by atoms with Crippen LogP contribution in [0, 0.1) is 5.92 Å². The van der Waals surface area contributed by atoms with E-state index >= 15 is 0 Å². The number of nitrogens with zero attached hydrogens (tertiary/aromatic N) is 3. The summed E-state index contributed by atoms with van der Waals surface area (Å²) in [5.41, 5.74) is 3.55. The summed E-state index contributed by atoms with van der Waals surface area (Å²) in [6, 6.07) is 11.1. The number of benzene rings is 1. The van der Waals surface area contributed by atoms with Crippen LogP contribution >= 0.6 is 11.6 Å². The van der Waals surface area contributed by atoms with Crippen LogP contribution in [-0.4, -0.2) is 47.7 Å². The molecular formula is C30H32ClN5O5. The third-order valence-corrected chi connectivity index (χ3v) is 7.71. The van der Waals surface area contributed by atoms with Gasteiger partial charge in [0.25, 0.3) is 0 Å². The average molecular weight is 578 g/mol. The first kappa shape index (κ1) is 28.2. The van der Waals surface area contributed by atoms with E-state index in [1.807, 2.05) is 30.3 Å². The van der Waals surface area contributed by atoms with Gasteiger partial charge in [0.1, 0.15) is 5.65 Å². The van der Waals surface area contributed by atoms with Gasteiger partial charge in [-0.1, -0.05) is 24.1 Å². The number of carbonyl (C=O) groups excluding carboxylic acids is 2. The number of aryl methyl sites for hydroxylation is 2. The fraction of sp³-hybridized carbons (Fsp3) is 0.333. The Morgan fingerprint density at radius 2 is 1.85 bits per heavy atom. The molecule has 1 aromatic carbocycles. The summed E-state index contributed by atoms with van der Waals surface area (Å²) in [6.45, 7) is 0.790. The quantitative estimate of drug-likeness (QED) is 0.225. The van der Waals surface area contributed by atoms with Gasteiger partial charge in [-0.2, -0.15) is 0 Å². The summed E-state index contributed by atoms with van der Waals surface area (Å²) in [5, 5.41) is 7.53. The fourth-order valence-electron chi connectivity index (χ4n) is 4.87. The summed E-state index contributed by atoms with van der Waals surface area (Å²) in [5.74, 6) is 0.364. The van der Waals surface area contributed by atoms with Crippen LogP contribution in [0.1, 0.15) is 41.0 Å². The van der Waals surface area contributed by atoms with Crippen LogP contribution in [0.25, 0.3) is 11.0 Å². The molecule has 5 rings (SSSR count). The number of hydrogen-bond acceptors (Lipinski definition) is 8. The highest BCUT2D eigenvalue weighted by atomic mass is 35.5. The molecule has 0 aliphatic heterocycles. The Hall–Kier alpha value is -4.31. The molecular weight excluding hydrogens is 546 g/mol. The van der Waals surface area contributed by atoms with Crippen LogP contribution in [0.4, 0.5) is 11.4 Å². The molecule has 0 spiro atoms. The maximum atomic E-state index is 13.1. The molecule has 0 unspecified atom stereocenters. The van der Waals surface area contributed by atoms with Crippen molar-refractivity contribution in [1.29, 1.82) is 0 Å². The number of halogens is 1. The van der Waals surface area contributed by atoms with Crippen LogP contribution in [0.2, 0.25) is 5.02 Å². The molecule has 3 heterocycles. The smallest absolute Gasteiger partial charge is 0.356 e. The first-order chi connectivity index (χ1) is 19.9. The zero-order valence-corrected chi connectivity index (χ0v) is 24.0. The zero-order chi connectivity index (χ0) is 28.9. The van der Waals surface area contributed by atoms with Crippen LogP contribution in [0.5, 0.6) is 11.5 Å². The molecule has 0 radical (unpaired) electrons. The third-order valence-electron chi connectivity index (χ3n) is 7.35. The minimum atomic E-state index is -0.556. The van der Waals surface area contributed by atoms with Crippen molar-refractivity contribution in [2.45, 2.75) is 38.8 Å². The molecule has 0 bridgehead atoms. The lowest BCUT2D eigenvalue weighted by Gasteiger charge is -2.24. The Balaban J connectivity index is 1.52. The monoisotopic (exact) mass is 577 g/mol. The van der Waals surface area contributed by atoms with Crippen LogP contribution in [0.3, 0.4) is 0 Å². The minimum absolute atomic E-state index is 0.0751. The number of carbonyl (C=O) groups is 2. The van der Waals surface area contributed by atoms with Gasteiger partial charge in [0.2, 0.25) is 5.91 Å². The first-order valence-corrected chi connectivity index (χ1v) is 13.8. The summed E-state index contributed by atoms with van der Waals surface area (Å²) in [6.07, 6.45) is 6.65. The van der Waals surface area contributed by atoms with E-state index in [4.69, 9.17) is 30.8 Å². The maximum Gasteiger partial charge on any atom is 0.356 e. The normalized spacial score (nSPS) is 13.0. The fourth-order valence-corrected chi connectivity index (χ4v) is 5.09. The molecule has 3 aromatic heterocycles. The lowest BCUT2D eigenvalue weighted by molar-refractivity contribution is -0.122. The van der Waals surface area contributed by atoms with Crippen molar-refractivity contribution in [3.63, 3.8) is 0 Å². The molecule has 2 N–H and O–H groups in total. The van der Waals surface area contributed by atoms with Crippen molar-refractivity contribution in [1.82, 2.24) is 14.5 Å². The van der Waals surface area contributed by atoms with Crippen LogP contribution < -0.4 is 20.1 Å². The van der Waals surface area contributed by atoms with Gasteiger partial charge < -0.3 is 29.4 Å². The zero-order valence-electron chi connectivity index (χ0n) is 23.2.